The first-order valence-corrected chi connectivity index (χ1v) is 17.4. The summed E-state index contributed by atoms with van der Waals surface area (Å²) in [4.78, 5) is 60.6. The summed E-state index contributed by atoms with van der Waals surface area (Å²) in [6.07, 6.45) is 3.43. The summed E-state index contributed by atoms with van der Waals surface area (Å²) < 4.78 is 2.01. The Morgan fingerprint density at radius 2 is 2.02 bits per heavy atom. The number of rotatable bonds is 11. The molecule has 256 valence electrons. The number of nitrogen functional groups attached to an aromatic ring is 1. The number of fused-ring (bicyclic) bond motifs is 2. The molecular weight excluding hydrogens is 711 g/mol. The van der Waals surface area contributed by atoms with Crippen LogP contribution in [-0.2, 0) is 30.6 Å². The lowest BCUT2D eigenvalue weighted by Gasteiger charge is -2.55. The van der Waals surface area contributed by atoms with Gasteiger partial charge in [-0.25, -0.2) is 9.78 Å². The summed E-state index contributed by atoms with van der Waals surface area (Å²) in [5, 5.41) is 59.1. The Bertz CT molecular complexity index is 2120. The standard InChI is InChI=1S/C31H25N7O9S3/c32-11-18-22(39)23(40)25(50-18)24(30(45)46)47-36-19(16-13-49-31(33)34-16)26(41)35-20-27(42)38-21(29(43)44)15(12-48-28(20)38)7-4-10-37-9-3-6-14-5-1-2-8-17(14)37/h1-9,13,15,20-21,24,28H,10,12H2,(H6-,33,34,35,39,40,41,43,44,45,46)/b7-4+,36-19-/t15?,20-,21?,24?,28-/m1/s1. The van der Waals surface area contributed by atoms with E-state index in [-0.39, 0.29) is 15.7 Å². The number of carboxylic acid groups (broad SMARTS) is 2. The molecule has 2 amide bonds. The van der Waals surface area contributed by atoms with Crippen molar-refractivity contribution < 1.29 is 49.0 Å². The van der Waals surface area contributed by atoms with Gasteiger partial charge in [0.2, 0.25) is 11.4 Å². The number of para-hydroxylation sites is 1. The van der Waals surface area contributed by atoms with Crippen LogP contribution >= 0.6 is 34.4 Å². The highest BCUT2D eigenvalue weighted by atomic mass is 32.2. The average molecular weight is 736 g/mol. The number of benzene rings is 1. The van der Waals surface area contributed by atoms with Gasteiger partial charge < -0.3 is 46.0 Å². The SMILES string of the molecule is N#Cc1sc(C(O/N=C(\C(=O)N[C@@H]2C(=O)N3C(C(=O)[O-])C(/C=C/C[n+]4cccc5ccccc54)CS[C@H]23)c2csc(N)n2)C(=O)O)c(O)c1O. The number of hydrogen-bond donors (Lipinski definition) is 5. The highest BCUT2D eigenvalue weighted by molar-refractivity contribution is 8.00. The lowest BCUT2D eigenvalue weighted by Crippen LogP contribution is -2.77. The van der Waals surface area contributed by atoms with Gasteiger partial charge in [0, 0.05) is 34.6 Å². The Balaban J connectivity index is 1.18. The largest absolute Gasteiger partial charge is 0.548 e. The number of nitrogens with one attached hydrogen (secondary N) is 1. The number of nitrogens with zero attached hydrogens (tertiary/aromatic N) is 5. The number of carbonyl (C=O) groups excluding carboxylic acids is 3. The van der Waals surface area contributed by atoms with E-state index in [0.29, 0.717) is 23.6 Å². The normalized spacial score (nSPS) is 20.9. The van der Waals surface area contributed by atoms with Crippen LogP contribution in [-0.4, -0.2) is 77.9 Å². The van der Waals surface area contributed by atoms with Gasteiger partial charge in [0.05, 0.1) is 12.0 Å². The number of anilines is 1. The van der Waals surface area contributed by atoms with Crippen molar-refractivity contribution in [3.63, 3.8) is 0 Å². The van der Waals surface area contributed by atoms with E-state index in [9.17, 15) is 39.6 Å². The maximum atomic E-state index is 13.5. The summed E-state index contributed by atoms with van der Waals surface area (Å²) in [6, 6.07) is 10.9. The molecule has 0 spiro atoms. The first-order valence-electron chi connectivity index (χ1n) is 14.6. The van der Waals surface area contributed by atoms with E-state index in [1.54, 1.807) is 12.1 Å². The van der Waals surface area contributed by atoms with Gasteiger partial charge in [-0.2, -0.15) is 9.83 Å². The molecule has 0 radical (unpaired) electrons. The second-order valence-electron chi connectivity index (χ2n) is 10.9. The van der Waals surface area contributed by atoms with Crippen LogP contribution in [0.3, 0.4) is 0 Å². The molecule has 19 heteroatoms. The van der Waals surface area contributed by atoms with Gasteiger partial charge in [0.25, 0.3) is 12.0 Å². The minimum atomic E-state index is -2.06. The number of nitriles is 1. The summed E-state index contributed by atoms with van der Waals surface area (Å²) in [5.74, 6) is -6.86. The van der Waals surface area contributed by atoms with Crippen LogP contribution < -0.4 is 20.7 Å². The van der Waals surface area contributed by atoms with Gasteiger partial charge in [-0.3, -0.25) is 9.59 Å². The number of hydrogen-bond acceptors (Lipinski definition) is 15. The number of aromatic hydroxyl groups is 2. The molecule has 0 aliphatic carbocycles. The fraction of sp³-hybridized carbons (Fsp3) is 0.226. The fourth-order valence-electron chi connectivity index (χ4n) is 5.58. The molecule has 50 heavy (non-hydrogen) atoms. The average Bonchev–Trinajstić information content (AvgIpc) is 3.66. The van der Waals surface area contributed by atoms with Crippen LogP contribution in [0.15, 0.2) is 65.3 Å². The van der Waals surface area contributed by atoms with Crippen molar-refractivity contribution in [2.24, 2.45) is 11.1 Å². The van der Waals surface area contributed by atoms with Crippen molar-refractivity contribution >= 4 is 79.9 Å². The first kappa shape index (κ1) is 34.2. The zero-order chi connectivity index (χ0) is 35.7. The monoisotopic (exact) mass is 735 g/mol. The van der Waals surface area contributed by atoms with Crippen molar-refractivity contribution in [1.29, 1.82) is 5.26 Å². The molecule has 5 atom stereocenters. The van der Waals surface area contributed by atoms with Crippen molar-refractivity contribution in [2.45, 2.75) is 30.1 Å². The number of thiazole rings is 1. The third kappa shape index (κ3) is 6.38. The summed E-state index contributed by atoms with van der Waals surface area (Å²) >= 11 is 2.64. The molecule has 0 bridgehead atoms. The van der Waals surface area contributed by atoms with E-state index < -0.39 is 75.3 Å². The van der Waals surface area contributed by atoms with Gasteiger partial charge in [0.15, 0.2) is 40.0 Å². The van der Waals surface area contributed by atoms with E-state index in [1.165, 1.54) is 17.1 Å². The smallest absolute Gasteiger partial charge is 0.353 e. The summed E-state index contributed by atoms with van der Waals surface area (Å²) in [6.45, 7) is 0.457. The number of nitrogens with two attached hydrogens (primary N) is 1. The Labute approximate surface area is 294 Å². The van der Waals surface area contributed by atoms with E-state index in [4.69, 9.17) is 15.8 Å². The second-order valence-corrected chi connectivity index (χ2v) is 14.0. The number of β-lactam (4-membered cyclic amide) rings is 1. The van der Waals surface area contributed by atoms with E-state index >= 15 is 0 Å². The topological polar surface area (TPSA) is 255 Å². The van der Waals surface area contributed by atoms with E-state index in [1.807, 2.05) is 53.2 Å². The van der Waals surface area contributed by atoms with Gasteiger partial charge in [-0.1, -0.05) is 23.4 Å². The van der Waals surface area contributed by atoms with Crippen molar-refractivity contribution in [3.8, 4) is 17.6 Å². The number of aromatic nitrogens is 2. The van der Waals surface area contributed by atoms with Crippen LogP contribution in [0.2, 0.25) is 0 Å². The van der Waals surface area contributed by atoms with Crippen LogP contribution in [0.4, 0.5) is 5.13 Å². The Kier molecular flexibility index (Phi) is 9.59. The minimum absolute atomic E-state index is 0.0262. The molecule has 0 saturated carbocycles. The molecule has 6 N–H and O–H groups in total. The zero-order valence-electron chi connectivity index (χ0n) is 25.4. The highest BCUT2D eigenvalue weighted by Gasteiger charge is 2.56. The molecule has 4 aromatic rings. The zero-order valence-corrected chi connectivity index (χ0v) is 27.9. The van der Waals surface area contributed by atoms with Gasteiger partial charge in [0.1, 0.15) is 28.1 Å². The van der Waals surface area contributed by atoms with Gasteiger partial charge in [-0.05, 0) is 18.2 Å². The number of oxime groups is 1. The van der Waals surface area contributed by atoms with Crippen molar-refractivity contribution in [3.05, 3.63) is 75.6 Å². The summed E-state index contributed by atoms with van der Waals surface area (Å²) in [5.41, 5.74) is 6.01. The number of allylic oxidation sites excluding steroid dienone is 1. The van der Waals surface area contributed by atoms with Gasteiger partial charge >= 0.3 is 5.97 Å². The number of pyridine rings is 1. The minimum Gasteiger partial charge on any atom is -0.548 e. The molecule has 6 rings (SSSR count). The van der Waals surface area contributed by atoms with Crippen LogP contribution in [0.1, 0.15) is 21.6 Å². The lowest BCUT2D eigenvalue weighted by molar-refractivity contribution is -0.661. The number of aliphatic carboxylic acids is 2. The quantitative estimate of drug-likeness (QED) is 0.0462. The number of thioether (sulfide) groups is 1. The molecule has 2 fully saturated rings. The number of amides is 2. The van der Waals surface area contributed by atoms with Crippen molar-refractivity contribution in [2.75, 3.05) is 11.5 Å². The first-order chi connectivity index (χ1) is 24.0. The molecule has 3 unspecified atom stereocenters. The Morgan fingerprint density at radius 1 is 1.26 bits per heavy atom. The molecule has 3 aromatic heterocycles. The molecule has 2 aliphatic rings. The fourth-order valence-corrected chi connectivity index (χ4v) is 8.52. The third-order valence-electron chi connectivity index (χ3n) is 7.92. The van der Waals surface area contributed by atoms with Crippen molar-refractivity contribution in [1.82, 2.24) is 15.2 Å². The molecular formula is C31H25N7O9S3. The maximum Gasteiger partial charge on any atom is 0.353 e. The number of thiophene rings is 1. The van der Waals surface area contributed by atoms with Gasteiger partial charge in [-0.15, -0.1) is 34.4 Å². The van der Waals surface area contributed by atoms with Crippen LogP contribution in [0, 0.1) is 17.2 Å². The molecule has 2 aliphatic heterocycles. The number of carbonyl (C=O) groups is 4. The van der Waals surface area contributed by atoms with Crippen LogP contribution in [0.25, 0.3) is 10.9 Å². The van der Waals surface area contributed by atoms with E-state index in [0.717, 1.165) is 27.1 Å². The molecule has 2 saturated heterocycles. The second kappa shape index (κ2) is 14.0. The van der Waals surface area contributed by atoms with Crippen LogP contribution in [0.5, 0.6) is 11.5 Å². The van der Waals surface area contributed by atoms with E-state index in [2.05, 4.69) is 15.5 Å². The molecule has 16 nitrogen and oxygen atoms in total. The highest BCUT2D eigenvalue weighted by Crippen LogP contribution is 2.44. The molecule has 1 aromatic carbocycles. The predicted molar refractivity (Wildman–Crippen MR) is 177 cm³/mol. The number of carboxylic acids is 2. The molecule has 5 heterocycles. The third-order valence-corrected chi connectivity index (χ3v) is 11.1. The Hall–Kier alpha value is -5.71. The maximum absolute atomic E-state index is 13.5. The Morgan fingerprint density at radius 3 is 2.70 bits per heavy atom. The lowest BCUT2D eigenvalue weighted by atomic mass is 9.93. The summed E-state index contributed by atoms with van der Waals surface area (Å²) in [7, 11) is 0. The predicted octanol–water partition coefficient (Wildman–Crippen LogP) is 0.448.